The summed E-state index contributed by atoms with van der Waals surface area (Å²) in [5, 5.41) is 13.9. The van der Waals surface area contributed by atoms with E-state index in [4.69, 9.17) is 4.74 Å². The van der Waals surface area contributed by atoms with Crippen LogP contribution >= 0.6 is 0 Å². The molecular weight excluding hydrogens is 464 g/mol. The number of carbonyl (C=O) groups excluding carboxylic acids is 1. The lowest BCUT2D eigenvalue weighted by Gasteiger charge is -2.42. The van der Waals surface area contributed by atoms with Crippen molar-refractivity contribution >= 4 is 21.6 Å². The summed E-state index contributed by atoms with van der Waals surface area (Å²) in [4.78, 5) is 13.0. The zero-order valence-electron chi connectivity index (χ0n) is 20.2. The second-order valence-corrected chi connectivity index (χ2v) is 11.0. The number of anilines is 1. The molecule has 3 aromatic rings. The number of aliphatic hydroxyl groups is 1. The summed E-state index contributed by atoms with van der Waals surface area (Å²) in [7, 11) is -3.96. The second-order valence-electron chi connectivity index (χ2n) is 9.32. The van der Waals surface area contributed by atoms with Crippen LogP contribution < -0.4 is 14.8 Å². The first kappa shape index (κ1) is 24.9. The Balaban J connectivity index is 1.68. The van der Waals surface area contributed by atoms with Gasteiger partial charge in [0, 0.05) is 16.8 Å². The maximum Gasteiger partial charge on any atom is 0.255 e. The van der Waals surface area contributed by atoms with Crippen molar-refractivity contribution in [1.82, 2.24) is 4.72 Å². The van der Waals surface area contributed by atoms with Crippen LogP contribution in [0.15, 0.2) is 71.6 Å². The predicted octanol–water partition coefficient (Wildman–Crippen LogP) is 4.36. The van der Waals surface area contributed by atoms with Gasteiger partial charge in [0.25, 0.3) is 5.91 Å². The Morgan fingerprint density at radius 1 is 1.06 bits per heavy atom. The molecule has 2 atom stereocenters. The number of ether oxygens (including phenoxy) is 1. The molecule has 184 valence electrons. The van der Waals surface area contributed by atoms with Gasteiger partial charge in [0.1, 0.15) is 17.5 Å². The fourth-order valence-corrected chi connectivity index (χ4v) is 5.36. The molecule has 0 radical (unpaired) electrons. The average molecular weight is 495 g/mol. The van der Waals surface area contributed by atoms with Crippen LogP contribution in [0.25, 0.3) is 0 Å². The molecule has 0 saturated heterocycles. The van der Waals surface area contributed by atoms with E-state index >= 15 is 0 Å². The number of aliphatic hydroxyl groups excluding tert-OH is 1. The molecule has 0 unspecified atom stereocenters. The van der Waals surface area contributed by atoms with Gasteiger partial charge in [0.2, 0.25) is 10.0 Å². The van der Waals surface area contributed by atoms with Gasteiger partial charge >= 0.3 is 0 Å². The van der Waals surface area contributed by atoms with Crippen molar-refractivity contribution in [3.63, 3.8) is 0 Å². The lowest BCUT2D eigenvalue weighted by molar-refractivity contribution is -0.0603. The van der Waals surface area contributed by atoms with E-state index in [0.717, 1.165) is 17.5 Å². The minimum atomic E-state index is -3.96. The van der Waals surface area contributed by atoms with Gasteiger partial charge in [-0.2, -0.15) is 0 Å². The number of nitrogens with one attached hydrogen (secondary N) is 2. The van der Waals surface area contributed by atoms with E-state index < -0.39 is 27.8 Å². The first-order valence-electron chi connectivity index (χ1n) is 11.5. The molecule has 0 fully saturated rings. The third-order valence-electron chi connectivity index (χ3n) is 6.21. The van der Waals surface area contributed by atoms with Crippen LogP contribution in [0.1, 0.15) is 53.9 Å². The van der Waals surface area contributed by atoms with Crippen LogP contribution in [0.3, 0.4) is 0 Å². The Kier molecular flexibility index (Phi) is 6.73. The van der Waals surface area contributed by atoms with Crippen molar-refractivity contribution in [2.75, 3.05) is 5.32 Å². The number of carbonyl (C=O) groups is 1. The molecule has 3 N–H and O–H groups in total. The standard InChI is InChI=1S/C27H30N2O5S/c1-5-18-9-12-21(13-10-18)35(32,33)29-24-22-16-19(11-14-23(22)34-27(3,4)25(24)30)26(31)28-20-8-6-7-17(2)15-20/h6-16,24-25,29-30H,5H2,1-4H3,(H,28,31)/t24-,25+/m1/s1. The Morgan fingerprint density at radius 3 is 2.43 bits per heavy atom. The summed E-state index contributed by atoms with van der Waals surface area (Å²) in [6.07, 6.45) is -0.406. The van der Waals surface area contributed by atoms with Gasteiger partial charge in [-0.15, -0.1) is 0 Å². The van der Waals surface area contributed by atoms with Gasteiger partial charge < -0.3 is 15.2 Å². The Bertz CT molecular complexity index is 1350. The molecule has 3 aromatic carbocycles. The van der Waals surface area contributed by atoms with Gasteiger partial charge in [-0.25, -0.2) is 13.1 Å². The molecule has 4 rings (SSSR count). The normalized spacial score (nSPS) is 18.9. The third kappa shape index (κ3) is 5.24. The van der Waals surface area contributed by atoms with E-state index in [1.807, 2.05) is 32.0 Å². The average Bonchev–Trinajstić information content (AvgIpc) is 2.81. The highest BCUT2D eigenvalue weighted by molar-refractivity contribution is 7.89. The summed E-state index contributed by atoms with van der Waals surface area (Å²) < 4.78 is 35.0. The number of hydrogen-bond donors (Lipinski definition) is 3. The molecule has 0 saturated carbocycles. The summed E-state index contributed by atoms with van der Waals surface area (Å²) >= 11 is 0. The van der Waals surface area contributed by atoms with Crippen LogP contribution in [-0.2, 0) is 16.4 Å². The van der Waals surface area contributed by atoms with Crippen LogP contribution in [0, 0.1) is 6.92 Å². The van der Waals surface area contributed by atoms with Crippen molar-refractivity contribution in [3.05, 3.63) is 89.0 Å². The topological polar surface area (TPSA) is 105 Å². The SMILES string of the molecule is CCc1ccc(S(=O)(=O)N[C@@H]2c3cc(C(=O)Nc4cccc(C)c4)ccc3OC(C)(C)[C@H]2O)cc1. The van der Waals surface area contributed by atoms with E-state index in [1.54, 1.807) is 62.4 Å². The third-order valence-corrected chi connectivity index (χ3v) is 7.67. The summed E-state index contributed by atoms with van der Waals surface area (Å²) in [5.41, 5.74) is 2.33. The van der Waals surface area contributed by atoms with E-state index in [9.17, 15) is 18.3 Å². The minimum Gasteiger partial charge on any atom is -0.485 e. The van der Waals surface area contributed by atoms with Crippen LogP contribution in [0.4, 0.5) is 5.69 Å². The Morgan fingerprint density at radius 2 is 1.77 bits per heavy atom. The Labute approximate surface area is 206 Å². The molecule has 1 amide bonds. The van der Waals surface area contributed by atoms with E-state index in [-0.39, 0.29) is 10.8 Å². The van der Waals surface area contributed by atoms with Gasteiger partial charge in [-0.1, -0.05) is 31.2 Å². The van der Waals surface area contributed by atoms with Crippen molar-refractivity contribution < 1.29 is 23.1 Å². The first-order valence-corrected chi connectivity index (χ1v) is 13.0. The van der Waals surface area contributed by atoms with Crippen molar-refractivity contribution in [3.8, 4) is 5.75 Å². The monoisotopic (exact) mass is 494 g/mol. The number of amides is 1. The summed E-state index contributed by atoms with van der Waals surface area (Å²) in [6.45, 7) is 7.31. The van der Waals surface area contributed by atoms with Crippen LogP contribution in [0.5, 0.6) is 5.75 Å². The summed E-state index contributed by atoms with van der Waals surface area (Å²) in [5.74, 6) is 0.0518. The van der Waals surface area contributed by atoms with Gasteiger partial charge in [-0.3, -0.25) is 4.79 Å². The first-order chi connectivity index (χ1) is 16.5. The van der Waals surface area contributed by atoms with Crippen molar-refractivity contribution in [2.24, 2.45) is 0 Å². The van der Waals surface area contributed by atoms with Gasteiger partial charge in [-0.05, 0) is 80.8 Å². The molecule has 1 aliphatic rings. The van der Waals surface area contributed by atoms with E-state index in [1.165, 1.54) is 0 Å². The predicted molar refractivity (Wildman–Crippen MR) is 135 cm³/mol. The molecule has 1 aliphatic heterocycles. The zero-order chi connectivity index (χ0) is 25.4. The minimum absolute atomic E-state index is 0.0982. The van der Waals surface area contributed by atoms with E-state index in [0.29, 0.717) is 22.6 Å². The number of rotatable bonds is 6. The highest BCUT2D eigenvalue weighted by Gasteiger charge is 2.44. The van der Waals surface area contributed by atoms with Crippen LogP contribution in [-0.4, -0.2) is 31.1 Å². The molecular formula is C27H30N2O5S. The number of aryl methyl sites for hydroxylation is 2. The lowest BCUT2D eigenvalue weighted by atomic mass is 9.86. The molecule has 35 heavy (non-hydrogen) atoms. The summed E-state index contributed by atoms with van der Waals surface area (Å²) in [6, 6.07) is 17.8. The highest BCUT2D eigenvalue weighted by Crippen LogP contribution is 2.41. The van der Waals surface area contributed by atoms with E-state index in [2.05, 4.69) is 10.0 Å². The van der Waals surface area contributed by atoms with Gasteiger partial charge in [0.15, 0.2) is 0 Å². The zero-order valence-corrected chi connectivity index (χ0v) is 21.0. The quantitative estimate of drug-likeness (QED) is 0.472. The molecule has 0 aliphatic carbocycles. The Hall–Kier alpha value is -3.20. The molecule has 0 spiro atoms. The van der Waals surface area contributed by atoms with Gasteiger partial charge in [0.05, 0.1) is 10.9 Å². The highest BCUT2D eigenvalue weighted by atomic mass is 32.2. The number of fused-ring (bicyclic) bond motifs is 1. The maximum atomic E-state index is 13.2. The molecule has 0 bridgehead atoms. The smallest absolute Gasteiger partial charge is 0.255 e. The fraction of sp³-hybridized carbons (Fsp3) is 0.296. The second kappa shape index (κ2) is 9.45. The number of hydrogen-bond acceptors (Lipinski definition) is 5. The number of sulfonamides is 1. The van der Waals surface area contributed by atoms with Crippen molar-refractivity contribution in [1.29, 1.82) is 0 Å². The fourth-order valence-electron chi connectivity index (χ4n) is 4.13. The molecule has 8 heteroatoms. The largest absolute Gasteiger partial charge is 0.485 e. The van der Waals surface area contributed by atoms with Crippen LogP contribution in [0.2, 0.25) is 0 Å². The number of benzene rings is 3. The molecule has 0 aromatic heterocycles. The molecule has 7 nitrogen and oxygen atoms in total. The van der Waals surface area contributed by atoms with Crippen molar-refractivity contribution in [2.45, 2.75) is 56.8 Å². The molecule has 1 heterocycles. The maximum absolute atomic E-state index is 13.2. The lowest BCUT2D eigenvalue weighted by Crippen LogP contribution is -2.53.